The van der Waals surface area contributed by atoms with Gasteiger partial charge in [-0.05, 0) is 6.42 Å². The molecule has 0 unspecified atom stereocenters. The van der Waals surface area contributed by atoms with Crippen molar-refractivity contribution >= 4 is 11.7 Å². The largest absolute Gasteiger partial charge is 0.370 e. The fourth-order valence-electron chi connectivity index (χ4n) is 1.19. The van der Waals surface area contributed by atoms with E-state index < -0.39 is 0 Å². The average molecular weight is 191 g/mol. The van der Waals surface area contributed by atoms with Crippen LogP contribution in [0, 0.1) is 0 Å². The number of carbonyl (C=O) groups excluding carboxylic acids is 2. The number of rotatable bonds is 5. The van der Waals surface area contributed by atoms with Crippen LogP contribution < -0.4 is 5.73 Å². The first-order chi connectivity index (χ1) is 6.70. The Morgan fingerprint density at radius 3 is 2.29 bits per heavy atom. The van der Waals surface area contributed by atoms with E-state index in [1.54, 1.807) is 12.1 Å². The van der Waals surface area contributed by atoms with Crippen molar-refractivity contribution < 1.29 is 9.59 Å². The zero-order valence-corrected chi connectivity index (χ0v) is 7.90. The average Bonchev–Trinajstić information content (AvgIpc) is 2.18. The number of primary amides is 1. The van der Waals surface area contributed by atoms with Gasteiger partial charge in [-0.15, -0.1) is 0 Å². The summed E-state index contributed by atoms with van der Waals surface area (Å²) in [6.07, 6.45) is 1.19. The lowest BCUT2D eigenvalue weighted by molar-refractivity contribution is -0.118. The van der Waals surface area contributed by atoms with Gasteiger partial charge in [0.1, 0.15) is 0 Å². The topological polar surface area (TPSA) is 60.2 Å². The molecular weight excluding hydrogens is 178 g/mol. The van der Waals surface area contributed by atoms with E-state index in [4.69, 9.17) is 5.73 Å². The van der Waals surface area contributed by atoms with Crippen molar-refractivity contribution in [3.63, 3.8) is 0 Å². The molecule has 0 bridgehead atoms. The van der Waals surface area contributed by atoms with E-state index in [0.29, 0.717) is 18.4 Å². The Balaban J connectivity index is 2.40. The highest BCUT2D eigenvalue weighted by atomic mass is 16.1. The summed E-state index contributed by atoms with van der Waals surface area (Å²) in [6.45, 7) is 0. The maximum Gasteiger partial charge on any atom is 0.217 e. The number of amides is 1. The molecule has 1 rings (SSSR count). The molecular formula is C11H13NO2. The molecule has 0 aliphatic rings. The van der Waals surface area contributed by atoms with Crippen molar-refractivity contribution in [1.82, 2.24) is 0 Å². The molecule has 0 spiro atoms. The molecule has 0 aliphatic heterocycles. The Labute approximate surface area is 82.9 Å². The van der Waals surface area contributed by atoms with Gasteiger partial charge in [-0.2, -0.15) is 0 Å². The summed E-state index contributed by atoms with van der Waals surface area (Å²) in [6, 6.07) is 9.04. The molecule has 0 atom stereocenters. The lowest BCUT2D eigenvalue weighted by atomic mass is 10.1. The molecule has 0 aliphatic carbocycles. The van der Waals surface area contributed by atoms with Crippen LogP contribution in [0.15, 0.2) is 30.3 Å². The normalized spacial score (nSPS) is 9.71. The molecule has 14 heavy (non-hydrogen) atoms. The number of nitrogens with two attached hydrogens (primary N) is 1. The Morgan fingerprint density at radius 2 is 1.71 bits per heavy atom. The summed E-state index contributed by atoms with van der Waals surface area (Å²) in [5, 5.41) is 0. The molecule has 0 fully saturated rings. The van der Waals surface area contributed by atoms with Gasteiger partial charge in [0.15, 0.2) is 5.78 Å². The van der Waals surface area contributed by atoms with E-state index in [2.05, 4.69) is 0 Å². The summed E-state index contributed by atoms with van der Waals surface area (Å²) < 4.78 is 0. The van der Waals surface area contributed by atoms with E-state index >= 15 is 0 Å². The predicted octanol–water partition coefficient (Wildman–Crippen LogP) is 1.52. The van der Waals surface area contributed by atoms with E-state index in [-0.39, 0.29) is 18.1 Å². The molecule has 0 aromatic heterocycles. The van der Waals surface area contributed by atoms with Crippen molar-refractivity contribution in [3.8, 4) is 0 Å². The summed E-state index contributed by atoms with van der Waals surface area (Å²) in [4.78, 5) is 21.9. The first kappa shape index (κ1) is 10.4. The quantitative estimate of drug-likeness (QED) is 0.717. The van der Waals surface area contributed by atoms with Crippen LogP contribution in [-0.4, -0.2) is 11.7 Å². The van der Waals surface area contributed by atoms with E-state index in [1.165, 1.54) is 0 Å². The second-order valence-corrected chi connectivity index (χ2v) is 3.11. The number of ketones is 1. The first-order valence-corrected chi connectivity index (χ1v) is 4.56. The summed E-state index contributed by atoms with van der Waals surface area (Å²) in [7, 11) is 0. The van der Waals surface area contributed by atoms with Crippen LogP contribution >= 0.6 is 0 Å². The standard InChI is InChI=1S/C11H13NO2/c12-11(14)8-4-7-10(13)9-5-2-1-3-6-9/h1-3,5-6H,4,7-8H2,(H2,12,14). The third-order valence-electron chi connectivity index (χ3n) is 1.92. The molecule has 2 N–H and O–H groups in total. The Morgan fingerprint density at radius 1 is 1.07 bits per heavy atom. The monoisotopic (exact) mass is 191 g/mol. The smallest absolute Gasteiger partial charge is 0.217 e. The van der Waals surface area contributed by atoms with E-state index in [1.807, 2.05) is 18.2 Å². The number of hydrogen-bond donors (Lipinski definition) is 1. The van der Waals surface area contributed by atoms with Crippen molar-refractivity contribution in [3.05, 3.63) is 35.9 Å². The molecule has 0 heterocycles. The van der Waals surface area contributed by atoms with Gasteiger partial charge in [-0.25, -0.2) is 0 Å². The molecule has 74 valence electrons. The lowest BCUT2D eigenvalue weighted by Gasteiger charge is -1.98. The Bertz CT molecular complexity index is 319. The van der Waals surface area contributed by atoms with Crippen LogP contribution in [0.1, 0.15) is 29.6 Å². The summed E-state index contributed by atoms with van der Waals surface area (Å²) in [5.74, 6) is -0.294. The summed E-state index contributed by atoms with van der Waals surface area (Å²) >= 11 is 0. The van der Waals surface area contributed by atoms with Crippen LogP contribution in [-0.2, 0) is 4.79 Å². The molecule has 0 saturated carbocycles. The summed E-state index contributed by atoms with van der Waals surface area (Å²) in [5.41, 5.74) is 5.66. The predicted molar refractivity (Wildman–Crippen MR) is 53.8 cm³/mol. The fourth-order valence-corrected chi connectivity index (χ4v) is 1.19. The SMILES string of the molecule is NC(=O)CCCC(=O)c1ccccc1. The van der Waals surface area contributed by atoms with Gasteiger partial charge in [-0.1, -0.05) is 30.3 Å². The van der Waals surface area contributed by atoms with Crippen molar-refractivity contribution in [2.75, 3.05) is 0 Å². The fraction of sp³-hybridized carbons (Fsp3) is 0.273. The molecule has 3 nitrogen and oxygen atoms in total. The zero-order chi connectivity index (χ0) is 10.4. The van der Waals surface area contributed by atoms with E-state index in [0.717, 1.165) is 0 Å². The highest BCUT2D eigenvalue weighted by Gasteiger charge is 2.04. The number of carbonyl (C=O) groups is 2. The zero-order valence-electron chi connectivity index (χ0n) is 7.90. The lowest BCUT2D eigenvalue weighted by Crippen LogP contribution is -2.10. The van der Waals surface area contributed by atoms with Gasteiger partial charge in [0.2, 0.25) is 5.91 Å². The van der Waals surface area contributed by atoms with Gasteiger partial charge in [0, 0.05) is 18.4 Å². The van der Waals surface area contributed by atoms with Crippen LogP contribution in [0.4, 0.5) is 0 Å². The second-order valence-electron chi connectivity index (χ2n) is 3.11. The van der Waals surface area contributed by atoms with Crippen molar-refractivity contribution in [2.45, 2.75) is 19.3 Å². The van der Waals surface area contributed by atoms with Crippen LogP contribution in [0.3, 0.4) is 0 Å². The Hall–Kier alpha value is -1.64. The molecule has 3 heteroatoms. The first-order valence-electron chi connectivity index (χ1n) is 4.56. The van der Waals surface area contributed by atoms with Crippen LogP contribution in [0.5, 0.6) is 0 Å². The van der Waals surface area contributed by atoms with Crippen molar-refractivity contribution in [1.29, 1.82) is 0 Å². The maximum absolute atomic E-state index is 11.5. The minimum absolute atomic E-state index is 0.0619. The number of benzene rings is 1. The molecule has 1 amide bonds. The second kappa shape index (κ2) is 5.17. The maximum atomic E-state index is 11.5. The minimum Gasteiger partial charge on any atom is -0.370 e. The third kappa shape index (κ3) is 3.39. The van der Waals surface area contributed by atoms with E-state index in [9.17, 15) is 9.59 Å². The van der Waals surface area contributed by atoms with Crippen LogP contribution in [0.25, 0.3) is 0 Å². The third-order valence-corrected chi connectivity index (χ3v) is 1.92. The van der Waals surface area contributed by atoms with Gasteiger partial charge in [-0.3, -0.25) is 9.59 Å². The van der Waals surface area contributed by atoms with Gasteiger partial charge >= 0.3 is 0 Å². The van der Waals surface area contributed by atoms with Crippen LogP contribution in [0.2, 0.25) is 0 Å². The van der Waals surface area contributed by atoms with Crippen molar-refractivity contribution in [2.24, 2.45) is 5.73 Å². The highest BCUT2D eigenvalue weighted by Crippen LogP contribution is 2.06. The molecule has 1 aromatic carbocycles. The molecule has 0 radical (unpaired) electrons. The molecule has 1 aromatic rings. The van der Waals surface area contributed by atoms with Gasteiger partial charge < -0.3 is 5.73 Å². The highest BCUT2D eigenvalue weighted by molar-refractivity contribution is 5.96. The number of hydrogen-bond acceptors (Lipinski definition) is 2. The Kier molecular flexibility index (Phi) is 3.85. The molecule has 0 saturated heterocycles. The minimum atomic E-state index is -0.356. The van der Waals surface area contributed by atoms with Gasteiger partial charge in [0.05, 0.1) is 0 Å². The number of Topliss-reactive ketones (excluding diaryl/α,β-unsaturated/α-hetero) is 1. The van der Waals surface area contributed by atoms with Gasteiger partial charge in [0.25, 0.3) is 0 Å².